The van der Waals surface area contributed by atoms with E-state index in [2.05, 4.69) is 0 Å². The van der Waals surface area contributed by atoms with Crippen molar-refractivity contribution in [2.75, 3.05) is 47.4 Å². The number of imide groups is 1. The molecule has 0 saturated carbocycles. The summed E-state index contributed by atoms with van der Waals surface area (Å²) in [6, 6.07) is 7.24. The lowest BCUT2D eigenvalue weighted by atomic mass is 9.75. The zero-order valence-electron chi connectivity index (χ0n) is 18.4. The average molecular weight is 416 g/mol. The molecule has 2 aliphatic heterocycles. The van der Waals surface area contributed by atoms with Crippen molar-refractivity contribution < 1.29 is 19.1 Å². The molecule has 7 heteroatoms. The van der Waals surface area contributed by atoms with E-state index in [1.807, 2.05) is 36.0 Å². The van der Waals surface area contributed by atoms with Crippen molar-refractivity contribution in [2.24, 2.45) is 0 Å². The number of carbonyl (C=O) groups is 3. The molecule has 164 valence electrons. The first-order chi connectivity index (χ1) is 14.4. The number of amides is 3. The second kappa shape index (κ2) is 9.60. The van der Waals surface area contributed by atoms with Gasteiger partial charge in [0.15, 0.2) is 0 Å². The normalized spacial score (nSPS) is 22.5. The van der Waals surface area contributed by atoms with Crippen molar-refractivity contribution in [1.82, 2.24) is 14.7 Å². The van der Waals surface area contributed by atoms with Crippen LogP contribution in [0.15, 0.2) is 24.3 Å². The van der Waals surface area contributed by atoms with Crippen molar-refractivity contribution in [3.05, 3.63) is 29.8 Å². The maximum atomic E-state index is 13.6. The van der Waals surface area contributed by atoms with Crippen molar-refractivity contribution in [1.29, 1.82) is 0 Å². The number of hydrogen-bond acceptors (Lipinski definition) is 5. The largest absolute Gasteiger partial charge is 0.497 e. The van der Waals surface area contributed by atoms with Crippen molar-refractivity contribution in [2.45, 2.75) is 43.9 Å². The molecule has 2 saturated heterocycles. The number of likely N-dealkylation sites (tertiary alicyclic amines) is 2. The number of methoxy groups -OCH3 is 1. The summed E-state index contributed by atoms with van der Waals surface area (Å²) >= 11 is 0. The van der Waals surface area contributed by atoms with Crippen LogP contribution >= 0.6 is 0 Å². The minimum absolute atomic E-state index is 0.0171. The summed E-state index contributed by atoms with van der Waals surface area (Å²) in [6.45, 7) is 2.36. The van der Waals surface area contributed by atoms with E-state index in [9.17, 15) is 14.4 Å². The van der Waals surface area contributed by atoms with E-state index >= 15 is 0 Å². The van der Waals surface area contributed by atoms with Crippen molar-refractivity contribution >= 4 is 17.7 Å². The smallest absolute Gasteiger partial charge is 0.240 e. The maximum Gasteiger partial charge on any atom is 0.240 e. The minimum Gasteiger partial charge on any atom is -0.497 e. The van der Waals surface area contributed by atoms with Crippen LogP contribution in [0.2, 0.25) is 0 Å². The third kappa shape index (κ3) is 4.67. The molecular weight excluding hydrogens is 382 g/mol. The molecule has 0 unspecified atom stereocenters. The minimum atomic E-state index is -1.17. The fourth-order valence-electron chi connectivity index (χ4n) is 4.40. The highest BCUT2D eigenvalue weighted by Crippen LogP contribution is 2.41. The van der Waals surface area contributed by atoms with Crippen LogP contribution < -0.4 is 4.74 Å². The molecule has 1 aromatic rings. The van der Waals surface area contributed by atoms with E-state index in [1.165, 1.54) is 4.90 Å². The number of likely N-dealkylation sites (N-methyl/N-ethyl adjacent to an activating group) is 1. The second-order valence-electron chi connectivity index (χ2n) is 8.62. The van der Waals surface area contributed by atoms with Gasteiger partial charge in [-0.3, -0.25) is 19.3 Å². The summed E-state index contributed by atoms with van der Waals surface area (Å²) in [7, 11) is 5.38. The number of benzene rings is 1. The van der Waals surface area contributed by atoms with Crippen LogP contribution in [-0.2, 0) is 19.8 Å². The average Bonchev–Trinajstić information content (AvgIpc) is 2.91. The molecule has 0 spiro atoms. The fourth-order valence-corrected chi connectivity index (χ4v) is 4.40. The molecule has 2 aliphatic rings. The Labute approximate surface area is 179 Å². The Kier molecular flexibility index (Phi) is 7.13. The highest BCUT2D eigenvalue weighted by molar-refractivity contribution is 6.10. The van der Waals surface area contributed by atoms with Gasteiger partial charge in [-0.05, 0) is 44.6 Å². The Morgan fingerprint density at radius 3 is 2.47 bits per heavy atom. The van der Waals surface area contributed by atoms with Crippen LogP contribution in [0.4, 0.5) is 0 Å². The van der Waals surface area contributed by atoms with Crippen LogP contribution in [-0.4, -0.2) is 79.8 Å². The Bertz CT molecular complexity index is 786. The highest BCUT2D eigenvalue weighted by Gasteiger charge is 2.54. The lowest BCUT2D eigenvalue weighted by molar-refractivity contribution is -0.142. The summed E-state index contributed by atoms with van der Waals surface area (Å²) < 4.78 is 5.35. The third-order valence-electron chi connectivity index (χ3n) is 6.21. The molecule has 0 aliphatic carbocycles. The van der Waals surface area contributed by atoms with Gasteiger partial charge in [0, 0.05) is 39.0 Å². The van der Waals surface area contributed by atoms with E-state index in [4.69, 9.17) is 4.74 Å². The molecule has 0 N–H and O–H groups in total. The van der Waals surface area contributed by atoms with Crippen LogP contribution in [0, 0.1) is 0 Å². The number of hydrogen-bond donors (Lipinski definition) is 0. The van der Waals surface area contributed by atoms with E-state index in [0.717, 1.165) is 38.8 Å². The summed E-state index contributed by atoms with van der Waals surface area (Å²) in [5, 5.41) is 0. The third-order valence-corrected chi connectivity index (χ3v) is 6.21. The number of rotatable bonds is 7. The molecule has 3 rings (SSSR count). The molecule has 0 bridgehead atoms. The first kappa shape index (κ1) is 22.3. The van der Waals surface area contributed by atoms with Crippen LogP contribution in [0.3, 0.4) is 0 Å². The molecular formula is C23H33N3O4. The molecule has 1 atom stereocenters. The summed E-state index contributed by atoms with van der Waals surface area (Å²) in [5.41, 5.74) is -0.489. The molecule has 7 nitrogen and oxygen atoms in total. The summed E-state index contributed by atoms with van der Waals surface area (Å²) in [5.74, 6) is 0.0792. The zero-order chi connectivity index (χ0) is 21.7. The van der Waals surface area contributed by atoms with Crippen LogP contribution in [0.5, 0.6) is 5.75 Å². The first-order valence-corrected chi connectivity index (χ1v) is 10.8. The van der Waals surface area contributed by atoms with Gasteiger partial charge in [0.05, 0.1) is 12.5 Å². The van der Waals surface area contributed by atoms with E-state index in [0.29, 0.717) is 24.4 Å². The van der Waals surface area contributed by atoms with Gasteiger partial charge in [0.1, 0.15) is 5.75 Å². The van der Waals surface area contributed by atoms with E-state index in [-0.39, 0.29) is 30.6 Å². The SMILES string of the molecule is COc1cccc([C@@]2(CC(=O)N3CCCCCC3)CC(=O)N(CCN(C)C)C2=O)c1. The Morgan fingerprint density at radius 1 is 1.13 bits per heavy atom. The van der Waals surface area contributed by atoms with Gasteiger partial charge in [-0.2, -0.15) is 0 Å². The molecule has 2 fully saturated rings. The van der Waals surface area contributed by atoms with Gasteiger partial charge in [-0.25, -0.2) is 0 Å². The Morgan fingerprint density at radius 2 is 1.83 bits per heavy atom. The zero-order valence-corrected chi connectivity index (χ0v) is 18.4. The lowest BCUT2D eigenvalue weighted by Crippen LogP contribution is -2.45. The highest BCUT2D eigenvalue weighted by atomic mass is 16.5. The molecule has 3 amide bonds. The number of nitrogens with zero attached hydrogens (tertiary/aromatic N) is 3. The monoisotopic (exact) mass is 415 g/mol. The van der Waals surface area contributed by atoms with Gasteiger partial charge in [-0.1, -0.05) is 25.0 Å². The van der Waals surface area contributed by atoms with Crippen LogP contribution in [0.1, 0.15) is 44.1 Å². The molecule has 1 aromatic carbocycles. The van der Waals surface area contributed by atoms with Gasteiger partial charge in [-0.15, -0.1) is 0 Å². The van der Waals surface area contributed by atoms with Crippen molar-refractivity contribution in [3.63, 3.8) is 0 Å². The number of ether oxygens (including phenoxy) is 1. The van der Waals surface area contributed by atoms with Crippen LogP contribution in [0.25, 0.3) is 0 Å². The Balaban J connectivity index is 1.94. The van der Waals surface area contributed by atoms with Gasteiger partial charge >= 0.3 is 0 Å². The van der Waals surface area contributed by atoms with Gasteiger partial charge < -0.3 is 14.5 Å². The standard InChI is InChI=1S/C23H33N3O4/c1-24(2)13-14-26-21(28)17-23(22(26)29,18-9-8-10-19(15-18)30-3)16-20(27)25-11-6-4-5-7-12-25/h8-10,15H,4-7,11-14,16-17H2,1-3H3/t23-/m1/s1. The van der Waals surface area contributed by atoms with Gasteiger partial charge in [0.25, 0.3) is 0 Å². The first-order valence-electron chi connectivity index (χ1n) is 10.8. The molecule has 30 heavy (non-hydrogen) atoms. The Hall–Kier alpha value is -2.41. The van der Waals surface area contributed by atoms with E-state index in [1.54, 1.807) is 19.2 Å². The molecule has 2 heterocycles. The summed E-state index contributed by atoms with van der Waals surface area (Å²) in [4.78, 5) is 44.9. The molecule has 0 aromatic heterocycles. The van der Waals surface area contributed by atoms with Gasteiger partial charge in [0.2, 0.25) is 17.7 Å². The quantitative estimate of drug-likeness (QED) is 0.638. The summed E-state index contributed by atoms with van der Waals surface area (Å²) in [6.07, 6.45) is 4.26. The topological polar surface area (TPSA) is 70.2 Å². The maximum absolute atomic E-state index is 13.6. The van der Waals surface area contributed by atoms with Crippen molar-refractivity contribution in [3.8, 4) is 5.75 Å². The second-order valence-corrected chi connectivity index (χ2v) is 8.62. The lowest BCUT2D eigenvalue weighted by Gasteiger charge is -2.30. The molecule has 0 radical (unpaired) electrons. The fraction of sp³-hybridized carbons (Fsp3) is 0.609. The number of carbonyl (C=O) groups excluding carboxylic acids is 3. The van der Waals surface area contributed by atoms with E-state index < -0.39 is 5.41 Å². The predicted molar refractivity (Wildman–Crippen MR) is 114 cm³/mol. The predicted octanol–water partition coefficient (Wildman–Crippen LogP) is 2.05.